The van der Waals surface area contributed by atoms with Crippen molar-refractivity contribution in [2.45, 2.75) is 69.9 Å². The van der Waals surface area contributed by atoms with Crippen molar-refractivity contribution in [3.8, 4) is 0 Å². The van der Waals surface area contributed by atoms with E-state index in [1.165, 1.54) is 12.1 Å². The number of nitrogens with zero attached hydrogens (tertiary/aromatic N) is 1. The monoisotopic (exact) mass is 413 g/mol. The van der Waals surface area contributed by atoms with E-state index in [1.54, 1.807) is 0 Å². The maximum Gasteiger partial charge on any atom is 0.293 e. The number of benzene rings is 1. The van der Waals surface area contributed by atoms with Crippen molar-refractivity contribution in [2.24, 2.45) is 11.8 Å². The number of hydrogen-bond acceptors (Lipinski definition) is 6. The van der Waals surface area contributed by atoms with E-state index in [0.29, 0.717) is 18.3 Å². The largest absolute Gasteiger partial charge is 0.394 e. The third-order valence-electron chi connectivity index (χ3n) is 5.15. The summed E-state index contributed by atoms with van der Waals surface area (Å²) < 4.78 is 28.1. The van der Waals surface area contributed by atoms with E-state index in [9.17, 15) is 23.6 Å². The second-order valence-corrected chi connectivity index (χ2v) is 9.88. The molecule has 9 heteroatoms. The molecule has 0 aromatic heterocycles. The van der Waals surface area contributed by atoms with Crippen LogP contribution in [0.1, 0.15) is 52.9 Å². The van der Waals surface area contributed by atoms with E-state index < -0.39 is 14.9 Å². The molecule has 0 saturated heterocycles. The van der Waals surface area contributed by atoms with Crippen molar-refractivity contribution in [1.29, 1.82) is 0 Å². The van der Waals surface area contributed by atoms with Gasteiger partial charge in [-0.05, 0) is 56.1 Å². The molecule has 8 nitrogen and oxygen atoms in total. The molecule has 0 amide bonds. The molecule has 1 fully saturated rings. The highest BCUT2D eigenvalue weighted by Gasteiger charge is 2.27. The molecule has 28 heavy (non-hydrogen) atoms. The number of nitrogens with one attached hydrogen (secondary N) is 2. The lowest BCUT2D eigenvalue weighted by molar-refractivity contribution is -0.384. The number of rotatable bonds is 9. The number of hydrogen-bond donors (Lipinski definition) is 3. The van der Waals surface area contributed by atoms with Gasteiger partial charge in [0, 0.05) is 18.2 Å². The number of nitro groups is 1. The number of aliphatic hydroxyl groups excluding tert-OH is 1. The molecule has 0 radical (unpaired) electrons. The van der Waals surface area contributed by atoms with Gasteiger partial charge in [-0.3, -0.25) is 10.1 Å². The number of aliphatic hydroxyl groups is 1. The van der Waals surface area contributed by atoms with Gasteiger partial charge in [0.2, 0.25) is 10.0 Å². The van der Waals surface area contributed by atoms with E-state index in [2.05, 4.69) is 17.0 Å². The maximum absolute atomic E-state index is 12.7. The van der Waals surface area contributed by atoms with Crippen LogP contribution in [0.5, 0.6) is 0 Å². The molecule has 1 atom stereocenters. The summed E-state index contributed by atoms with van der Waals surface area (Å²) in [7, 11) is -3.83. The second-order valence-electron chi connectivity index (χ2n) is 8.17. The zero-order valence-corrected chi connectivity index (χ0v) is 17.5. The van der Waals surface area contributed by atoms with Gasteiger partial charge in [-0.1, -0.05) is 20.8 Å². The van der Waals surface area contributed by atoms with Crippen LogP contribution in [-0.4, -0.2) is 37.1 Å². The summed E-state index contributed by atoms with van der Waals surface area (Å²) in [5.41, 5.74) is -0.113. The maximum atomic E-state index is 12.7. The molecule has 0 bridgehead atoms. The number of anilines is 1. The molecular weight excluding hydrogens is 382 g/mol. The van der Waals surface area contributed by atoms with Gasteiger partial charge in [-0.2, -0.15) is 0 Å². The van der Waals surface area contributed by atoms with Crippen LogP contribution in [0, 0.1) is 22.0 Å². The Kier molecular flexibility index (Phi) is 7.79. The molecule has 1 aromatic rings. The zero-order chi connectivity index (χ0) is 20.9. The lowest BCUT2D eigenvalue weighted by Crippen LogP contribution is -2.37. The van der Waals surface area contributed by atoms with Crippen LogP contribution in [0.3, 0.4) is 0 Å². The predicted molar refractivity (Wildman–Crippen MR) is 109 cm³/mol. The Labute approximate surface area is 166 Å². The fraction of sp³-hybridized carbons (Fsp3) is 0.684. The molecule has 1 saturated carbocycles. The minimum atomic E-state index is -3.83. The molecule has 0 aliphatic heterocycles. The quantitative estimate of drug-likeness (QED) is 0.422. The van der Waals surface area contributed by atoms with Crippen LogP contribution in [0.2, 0.25) is 0 Å². The molecule has 2 rings (SSSR count). The molecular formula is C19H31N3O5S. The van der Waals surface area contributed by atoms with E-state index in [0.717, 1.165) is 31.7 Å². The summed E-state index contributed by atoms with van der Waals surface area (Å²) in [4.78, 5) is 10.8. The van der Waals surface area contributed by atoms with Crippen LogP contribution >= 0.6 is 0 Å². The first-order chi connectivity index (χ1) is 13.1. The SMILES string of the molecule is CC(C)CC(CO)Nc1ccc(S(=O)(=O)NC2CCC(C)CC2)cc1[N+](=O)[O-]. The summed E-state index contributed by atoms with van der Waals surface area (Å²) in [6.45, 7) is 5.97. The second kappa shape index (κ2) is 9.67. The molecule has 1 aliphatic rings. The average Bonchev–Trinajstić information content (AvgIpc) is 2.62. The standard InChI is InChI=1S/C19H31N3O5S/c1-13(2)10-16(12-23)20-18-9-8-17(11-19(18)22(24)25)28(26,27)21-15-6-4-14(3)5-7-15/h8-9,11,13-16,20-21,23H,4-7,10,12H2,1-3H3. The highest BCUT2D eigenvalue weighted by atomic mass is 32.2. The lowest BCUT2D eigenvalue weighted by atomic mass is 9.88. The van der Waals surface area contributed by atoms with Gasteiger partial charge in [0.25, 0.3) is 5.69 Å². The Morgan fingerprint density at radius 3 is 2.43 bits per heavy atom. The Bertz CT molecular complexity index is 774. The number of sulfonamides is 1. The molecule has 3 N–H and O–H groups in total. The fourth-order valence-corrected chi connectivity index (χ4v) is 4.91. The van der Waals surface area contributed by atoms with Crippen molar-refractivity contribution < 1.29 is 18.4 Å². The highest BCUT2D eigenvalue weighted by Crippen LogP contribution is 2.30. The van der Waals surface area contributed by atoms with Gasteiger partial charge in [0.05, 0.1) is 16.4 Å². The first-order valence-corrected chi connectivity index (χ1v) is 11.3. The molecule has 158 valence electrons. The first kappa shape index (κ1) is 22.6. The Balaban J connectivity index is 2.22. The summed E-state index contributed by atoms with van der Waals surface area (Å²) >= 11 is 0. The van der Waals surface area contributed by atoms with Gasteiger partial charge < -0.3 is 10.4 Å². The van der Waals surface area contributed by atoms with Gasteiger partial charge in [-0.15, -0.1) is 0 Å². The van der Waals surface area contributed by atoms with Gasteiger partial charge in [0.15, 0.2) is 0 Å². The third kappa shape index (κ3) is 6.15. The van der Waals surface area contributed by atoms with E-state index in [-0.39, 0.29) is 35.0 Å². The lowest BCUT2D eigenvalue weighted by Gasteiger charge is -2.26. The molecule has 1 aromatic carbocycles. The van der Waals surface area contributed by atoms with Crippen LogP contribution in [0.15, 0.2) is 23.1 Å². The highest BCUT2D eigenvalue weighted by molar-refractivity contribution is 7.89. The molecule has 0 heterocycles. The molecule has 1 aliphatic carbocycles. The van der Waals surface area contributed by atoms with E-state index >= 15 is 0 Å². The average molecular weight is 414 g/mol. The first-order valence-electron chi connectivity index (χ1n) is 9.80. The summed E-state index contributed by atoms with van der Waals surface area (Å²) in [6.07, 6.45) is 4.11. The van der Waals surface area contributed by atoms with Crippen molar-refractivity contribution in [3.63, 3.8) is 0 Å². The van der Waals surface area contributed by atoms with Crippen LogP contribution in [0.4, 0.5) is 11.4 Å². The van der Waals surface area contributed by atoms with Crippen LogP contribution < -0.4 is 10.0 Å². The molecule has 0 spiro atoms. The normalized spacial score (nSPS) is 21.5. The summed E-state index contributed by atoms with van der Waals surface area (Å²) in [6, 6.07) is 3.37. The smallest absolute Gasteiger partial charge is 0.293 e. The minimum Gasteiger partial charge on any atom is -0.394 e. The van der Waals surface area contributed by atoms with E-state index in [4.69, 9.17) is 0 Å². The minimum absolute atomic E-state index is 0.118. The third-order valence-corrected chi connectivity index (χ3v) is 6.67. The zero-order valence-electron chi connectivity index (χ0n) is 16.7. The predicted octanol–water partition coefficient (Wildman–Crippen LogP) is 3.27. The van der Waals surface area contributed by atoms with Crippen molar-refractivity contribution >= 4 is 21.4 Å². The number of nitro benzene ring substituents is 1. The van der Waals surface area contributed by atoms with Gasteiger partial charge >= 0.3 is 0 Å². The van der Waals surface area contributed by atoms with Crippen molar-refractivity contribution in [1.82, 2.24) is 4.72 Å². The Hall–Kier alpha value is -1.71. The van der Waals surface area contributed by atoms with Crippen LogP contribution in [0.25, 0.3) is 0 Å². The van der Waals surface area contributed by atoms with Gasteiger partial charge in [0.1, 0.15) is 5.69 Å². The topological polar surface area (TPSA) is 122 Å². The van der Waals surface area contributed by atoms with Gasteiger partial charge in [-0.25, -0.2) is 13.1 Å². The Morgan fingerprint density at radius 2 is 1.89 bits per heavy atom. The van der Waals surface area contributed by atoms with Crippen molar-refractivity contribution in [3.05, 3.63) is 28.3 Å². The Morgan fingerprint density at radius 1 is 1.25 bits per heavy atom. The summed E-state index contributed by atoms with van der Waals surface area (Å²) in [5.74, 6) is 0.892. The van der Waals surface area contributed by atoms with E-state index in [1.807, 2.05) is 13.8 Å². The fourth-order valence-electron chi connectivity index (χ4n) is 3.59. The van der Waals surface area contributed by atoms with Crippen LogP contribution in [-0.2, 0) is 10.0 Å². The molecule has 1 unspecified atom stereocenters. The summed E-state index contributed by atoms with van der Waals surface area (Å²) in [5, 5.41) is 24.0. The van der Waals surface area contributed by atoms with Crippen molar-refractivity contribution in [2.75, 3.05) is 11.9 Å².